The molecule has 0 aliphatic carbocycles. The van der Waals surface area contributed by atoms with Gasteiger partial charge in [0.1, 0.15) is 0 Å². The Labute approximate surface area is 183 Å². The number of fused-ring (bicyclic) bond motifs is 1. The molecule has 0 aromatic heterocycles. The number of halogens is 1. The van der Waals surface area contributed by atoms with Crippen LogP contribution >= 0.6 is 24.0 Å². The lowest BCUT2D eigenvalue weighted by Gasteiger charge is -2.24. The zero-order valence-corrected chi connectivity index (χ0v) is 18.8. The molecule has 1 N–H and O–H groups in total. The van der Waals surface area contributed by atoms with Crippen molar-refractivity contribution in [2.24, 2.45) is 10.9 Å². The van der Waals surface area contributed by atoms with Crippen LogP contribution in [-0.2, 0) is 4.74 Å². The first-order chi connectivity index (χ1) is 13.1. The van der Waals surface area contributed by atoms with E-state index in [0.29, 0.717) is 23.6 Å². The number of guanidine groups is 1. The van der Waals surface area contributed by atoms with Crippen LogP contribution in [0, 0.1) is 5.92 Å². The molecule has 0 bridgehead atoms. The van der Waals surface area contributed by atoms with E-state index in [1.807, 2.05) is 7.05 Å². The van der Waals surface area contributed by atoms with Crippen molar-refractivity contribution in [2.45, 2.75) is 19.3 Å². The van der Waals surface area contributed by atoms with Gasteiger partial charge in [-0.1, -0.05) is 12.1 Å². The molecule has 0 spiro atoms. The van der Waals surface area contributed by atoms with Crippen molar-refractivity contribution in [1.29, 1.82) is 0 Å². The smallest absolute Gasteiger partial charge is 0.261 e. The molecule has 1 saturated heterocycles. The fraction of sp³-hybridized carbons (Fsp3) is 0.550. The minimum atomic E-state index is -0.183. The van der Waals surface area contributed by atoms with E-state index in [-0.39, 0.29) is 35.8 Å². The van der Waals surface area contributed by atoms with E-state index in [9.17, 15) is 9.59 Å². The van der Waals surface area contributed by atoms with Gasteiger partial charge in [0.25, 0.3) is 11.8 Å². The van der Waals surface area contributed by atoms with Gasteiger partial charge in [0.2, 0.25) is 0 Å². The van der Waals surface area contributed by atoms with Crippen molar-refractivity contribution in [1.82, 2.24) is 15.1 Å². The van der Waals surface area contributed by atoms with Gasteiger partial charge in [-0.3, -0.25) is 19.5 Å². The molecular weight excluding hydrogens is 471 g/mol. The van der Waals surface area contributed by atoms with Crippen molar-refractivity contribution in [3.63, 3.8) is 0 Å². The first-order valence-corrected chi connectivity index (χ1v) is 9.56. The third-order valence-electron chi connectivity index (χ3n) is 5.10. The number of imide groups is 1. The zero-order chi connectivity index (χ0) is 19.2. The second-order valence-corrected chi connectivity index (χ2v) is 7.10. The predicted molar refractivity (Wildman–Crippen MR) is 119 cm³/mol. The minimum absolute atomic E-state index is 0. The molecule has 0 saturated carbocycles. The maximum Gasteiger partial charge on any atom is 0.261 e. The monoisotopic (exact) mass is 500 g/mol. The molecule has 2 aliphatic heterocycles. The Balaban J connectivity index is 0.00000280. The molecule has 1 aromatic carbocycles. The third-order valence-corrected chi connectivity index (χ3v) is 5.10. The Morgan fingerprint density at radius 1 is 1.25 bits per heavy atom. The number of amides is 2. The van der Waals surface area contributed by atoms with Gasteiger partial charge in [0.15, 0.2) is 5.96 Å². The molecule has 1 fully saturated rings. The van der Waals surface area contributed by atoms with Crippen LogP contribution in [0.4, 0.5) is 0 Å². The Morgan fingerprint density at radius 3 is 2.50 bits per heavy atom. The summed E-state index contributed by atoms with van der Waals surface area (Å²) in [4.78, 5) is 32.5. The van der Waals surface area contributed by atoms with Crippen LogP contribution in [0.2, 0.25) is 0 Å². The Hall–Kier alpha value is -1.68. The van der Waals surface area contributed by atoms with E-state index >= 15 is 0 Å². The van der Waals surface area contributed by atoms with Crippen LogP contribution in [-0.4, -0.2) is 74.5 Å². The molecular formula is C20H29IN4O3. The minimum Gasteiger partial charge on any atom is -0.381 e. The first kappa shape index (κ1) is 22.6. The summed E-state index contributed by atoms with van der Waals surface area (Å²) in [7, 11) is 3.81. The molecule has 7 nitrogen and oxygen atoms in total. The lowest BCUT2D eigenvalue weighted by atomic mass is 10.1. The second kappa shape index (κ2) is 10.8. The number of nitrogens with zero attached hydrogens (tertiary/aromatic N) is 3. The van der Waals surface area contributed by atoms with E-state index in [4.69, 9.17) is 4.74 Å². The molecule has 8 heteroatoms. The predicted octanol–water partition coefficient (Wildman–Crippen LogP) is 2.22. The van der Waals surface area contributed by atoms with Crippen LogP contribution in [0.5, 0.6) is 0 Å². The van der Waals surface area contributed by atoms with E-state index in [2.05, 4.69) is 15.2 Å². The number of hydrogen-bond acceptors (Lipinski definition) is 4. The van der Waals surface area contributed by atoms with E-state index < -0.39 is 0 Å². The molecule has 1 aromatic rings. The van der Waals surface area contributed by atoms with Gasteiger partial charge >= 0.3 is 0 Å². The van der Waals surface area contributed by atoms with Gasteiger partial charge in [-0.15, -0.1) is 24.0 Å². The van der Waals surface area contributed by atoms with Gasteiger partial charge in [0, 0.05) is 46.3 Å². The van der Waals surface area contributed by atoms with Gasteiger partial charge in [-0.05, 0) is 31.4 Å². The van der Waals surface area contributed by atoms with Crippen LogP contribution < -0.4 is 5.32 Å². The maximum absolute atomic E-state index is 12.3. The topological polar surface area (TPSA) is 74.2 Å². The summed E-state index contributed by atoms with van der Waals surface area (Å²) in [5.74, 6) is 1.06. The summed E-state index contributed by atoms with van der Waals surface area (Å²) in [6.07, 6.45) is 2.71. The molecule has 1 atom stereocenters. The number of carbonyl (C=O) groups excluding carboxylic acids is 2. The number of unbranched alkanes of at least 4 members (excludes halogenated alkanes) is 1. The molecule has 2 amide bonds. The summed E-state index contributed by atoms with van der Waals surface area (Å²) in [6, 6.07) is 7.01. The normalized spacial score (nSPS) is 18.9. The average molecular weight is 500 g/mol. The number of benzene rings is 1. The Kier molecular flexibility index (Phi) is 8.68. The Morgan fingerprint density at radius 2 is 1.93 bits per heavy atom. The van der Waals surface area contributed by atoms with Crippen molar-refractivity contribution >= 4 is 41.8 Å². The highest BCUT2D eigenvalue weighted by Gasteiger charge is 2.34. The number of rotatable bonds is 7. The number of hydrogen-bond donors (Lipinski definition) is 1. The summed E-state index contributed by atoms with van der Waals surface area (Å²) < 4.78 is 5.43. The van der Waals surface area contributed by atoms with Crippen molar-refractivity contribution < 1.29 is 14.3 Å². The zero-order valence-electron chi connectivity index (χ0n) is 16.5. The number of carbonyl (C=O) groups is 2. The quantitative estimate of drug-likeness (QED) is 0.205. The highest BCUT2D eigenvalue weighted by atomic mass is 127. The summed E-state index contributed by atoms with van der Waals surface area (Å²) in [6.45, 7) is 3.79. The van der Waals surface area contributed by atoms with E-state index in [1.54, 1.807) is 31.3 Å². The van der Waals surface area contributed by atoms with Gasteiger partial charge in [-0.2, -0.15) is 0 Å². The fourth-order valence-corrected chi connectivity index (χ4v) is 3.62. The van der Waals surface area contributed by atoms with Crippen molar-refractivity contribution in [3.05, 3.63) is 35.4 Å². The summed E-state index contributed by atoms with van der Waals surface area (Å²) >= 11 is 0. The largest absolute Gasteiger partial charge is 0.381 e. The van der Waals surface area contributed by atoms with Gasteiger partial charge in [0.05, 0.1) is 17.7 Å². The molecule has 154 valence electrons. The van der Waals surface area contributed by atoms with Crippen molar-refractivity contribution in [3.8, 4) is 0 Å². The molecule has 2 heterocycles. The third kappa shape index (κ3) is 5.22. The molecule has 1 unspecified atom stereocenters. The highest BCUT2D eigenvalue weighted by molar-refractivity contribution is 14.0. The number of aliphatic imine (C=N–C) groups is 1. The van der Waals surface area contributed by atoms with Crippen LogP contribution in [0.3, 0.4) is 0 Å². The second-order valence-electron chi connectivity index (χ2n) is 7.10. The maximum atomic E-state index is 12.3. The summed E-state index contributed by atoms with van der Waals surface area (Å²) in [5.41, 5.74) is 1.03. The molecule has 3 rings (SSSR count). The average Bonchev–Trinajstić information content (AvgIpc) is 3.27. The van der Waals surface area contributed by atoms with Gasteiger partial charge < -0.3 is 15.0 Å². The van der Waals surface area contributed by atoms with Crippen LogP contribution in [0.25, 0.3) is 0 Å². The SMILES string of the molecule is CN=C(NCCCCN1C(=O)c2ccccc2C1=O)N(C)CC1CCOC1.I. The summed E-state index contributed by atoms with van der Waals surface area (Å²) in [5, 5.41) is 3.35. The highest BCUT2D eigenvalue weighted by Crippen LogP contribution is 2.22. The van der Waals surface area contributed by atoms with Crippen LogP contribution in [0.15, 0.2) is 29.3 Å². The van der Waals surface area contributed by atoms with Crippen molar-refractivity contribution in [2.75, 3.05) is 46.9 Å². The first-order valence-electron chi connectivity index (χ1n) is 9.56. The van der Waals surface area contributed by atoms with Gasteiger partial charge in [-0.25, -0.2) is 0 Å². The standard InChI is InChI=1S/C20H28N4O3.HI/c1-21-20(23(2)13-15-9-12-27-14-15)22-10-5-6-11-24-18(25)16-7-3-4-8-17(16)19(24)26;/h3-4,7-8,15H,5-6,9-14H2,1-2H3,(H,21,22);1H. The van der Waals surface area contributed by atoms with E-state index in [0.717, 1.165) is 51.5 Å². The number of ether oxygens (including phenoxy) is 1. The molecule has 28 heavy (non-hydrogen) atoms. The molecule has 0 radical (unpaired) electrons. The fourth-order valence-electron chi connectivity index (χ4n) is 3.62. The number of nitrogens with one attached hydrogen (secondary N) is 1. The Bertz CT molecular complexity index is 684. The van der Waals surface area contributed by atoms with Crippen LogP contribution in [0.1, 0.15) is 40.0 Å². The lowest BCUT2D eigenvalue weighted by Crippen LogP contribution is -2.42. The molecule has 2 aliphatic rings. The lowest BCUT2D eigenvalue weighted by molar-refractivity contribution is 0.0652. The van der Waals surface area contributed by atoms with E-state index in [1.165, 1.54) is 4.90 Å².